The lowest BCUT2D eigenvalue weighted by Crippen LogP contribution is -2.37. The molecule has 4 aliphatic carbocycles. The van der Waals surface area contributed by atoms with E-state index < -0.39 is 0 Å². The SMILES string of the molecule is C.CC(=O)C1C(=O)C2CCC1(C)C2(C)C.CC(=O)Cl.CC12CCC(CC1=O)C2(C)C. The van der Waals surface area contributed by atoms with Gasteiger partial charge in [-0.2, -0.15) is 0 Å². The fourth-order valence-corrected chi connectivity index (χ4v) is 6.61. The third-order valence-corrected chi connectivity index (χ3v) is 9.45. The molecule has 5 heteroatoms. The predicted octanol–water partition coefficient (Wildman–Crippen LogP) is 6.03. The summed E-state index contributed by atoms with van der Waals surface area (Å²) < 4.78 is 0. The van der Waals surface area contributed by atoms with Gasteiger partial charge in [-0.15, -0.1) is 0 Å². The van der Waals surface area contributed by atoms with Crippen LogP contribution in [-0.2, 0) is 19.2 Å². The van der Waals surface area contributed by atoms with Gasteiger partial charge in [-0.25, -0.2) is 0 Å². The molecule has 0 spiro atoms. The van der Waals surface area contributed by atoms with Crippen LogP contribution in [0.5, 0.6) is 0 Å². The van der Waals surface area contributed by atoms with Gasteiger partial charge in [-0.1, -0.05) is 49.0 Å². The summed E-state index contributed by atoms with van der Waals surface area (Å²) in [6, 6.07) is 0. The summed E-state index contributed by atoms with van der Waals surface area (Å²) in [6.45, 7) is 15.9. The fourth-order valence-electron chi connectivity index (χ4n) is 6.61. The van der Waals surface area contributed by atoms with Gasteiger partial charge in [0.25, 0.3) is 0 Å². The number of hydrogen-bond donors (Lipinski definition) is 0. The van der Waals surface area contributed by atoms with Crippen molar-refractivity contribution in [3.63, 3.8) is 0 Å². The van der Waals surface area contributed by atoms with Crippen LogP contribution in [0.15, 0.2) is 0 Å². The van der Waals surface area contributed by atoms with Crippen LogP contribution in [0.1, 0.15) is 94.9 Å². The Morgan fingerprint density at radius 1 is 0.900 bits per heavy atom. The first kappa shape index (κ1) is 27.0. The Hall–Kier alpha value is -1.03. The van der Waals surface area contributed by atoms with E-state index in [0.717, 1.165) is 25.7 Å². The molecule has 0 N–H and O–H groups in total. The largest absolute Gasteiger partial charge is 0.299 e. The summed E-state index contributed by atoms with van der Waals surface area (Å²) >= 11 is 4.64. The van der Waals surface area contributed by atoms with Gasteiger partial charge in [-0.3, -0.25) is 19.2 Å². The Kier molecular flexibility index (Phi) is 7.64. The van der Waals surface area contributed by atoms with Gasteiger partial charge in [0.15, 0.2) is 0 Å². The summed E-state index contributed by atoms with van der Waals surface area (Å²) in [5.41, 5.74) is 0.239. The quantitative estimate of drug-likeness (QED) is 0.369. The number of Topliss-reactive ketones (excluding diaryl/α,β-unsaturated/α-hetero) is 3. The molecule has 30 heavy (non-hydrogen) atoms. The second-order valence-electron chi connectivity index (χ2n) is 11.1. The first-order chi connectivity index (χ1) is 13.0. The van der Waals surface area contributed by atoms with E-state index in [-0.39, 0.29) is 57.7 Å². The summed E-state index contributed by atoms with van der Waals surface area (Å²) in [4.78, 5) is 44.3. The van der Waals surface area contributed by atoms with E-state index in [0.29, 0.717) is 11.7 Å². The zero-order valence-electron chi connectivity index (χ0n) is 19.3. The number of rotatable bonds is 1. The van der Waals surface area contributed by atoms with Crippen molar-refractivity contribution in [2.45, 2.75) is 94.9 Å². The third kappa shape index (κ3) is 3.82. The Balaban J connectivity index is 0.000000253. The molecule has 0 aromatic rings. The molecule has 4 aliphatic rings. The van der Waals surface area contributed by atoms with Crippen LogP contribution < -0.4 is 0 Å². The number of carbonyl (C=O) groups excluding carboxylic acids is 4. The standard InChI is InChI=1S/C12H18O2.C10H16O.C2H3ClO.CH4/c1-7(13)9-10(14)8-5-6-12(9,4)11(8,2)3;1-9(2)7-4-5-10(9,3)8(11)6-7;1-2(3)4;/h8-9H,5-6H2,1-4H3;7H,4-6H2,1-3H3;1H3;1H4. The lowest BCUT2D eigenvalue weighted by molar-refractivity contribution is -0.136. The van der Waals surface area contributed by atoms with Gasteiger partial charge in [0.1, 0.15) is 17.3 Å². The average molecular weight is 441 g/mol. The summed E-state index contributed by atoms with van der Waals surface area (Å²) in [5, 5.41) is -0.361. The van der Waals surface area contributed by atoms with E-state index in [1.165, 1.54) is 13.3 Å². The van der Waals surface area contributed by atoms with Crippen molar-refractivity contribution in [2.75, 3.05) is 0 Å². The molecule has 0 amide bonds. The average Bonchev–Trinajstić information content (AvgIpc) is 3.04. The third-order valence-electron chi connectivity index (χ3n) is 9.45. The van der Waals surface area contributed by atoms with Gasteiger partial charge in [-0.05, 0) is 66.4 Å². The second-order valence-corrected chi connectivity index (χ2v) is 11.6. The van der Waals surface area contributed by atoms with Crippen molar-refractivity contribution in [3.05, 3.63) is 0 Å². The molecular weight excluding hydrogens is 400 g/mol. The van der Waals surface area contributed by atoms with Gasteiger partial charge in [0.05, 0.1) is 5.92 Å². The van der Waals surface area contributed by atoms with E-state index in [1.54, 1.807) is 6.92 Å². The van der Waals surface area contributed by atoms with Crippen LogP contribution in [0, 0.1) is 39.4 Å². The highest BCUT2D eigenvalue weighted by Gasteiger charge is 2.67. The highest BCUT2D eigenvalue weighted by molar-refractivity contribution is 6.62. The topological polar surface area (TPSA) is 68.3 Å². The summed E-state index contributed by atoms with van der Waals surface area (Å²) in [6.07, 6.45) is 5.26. The van der Waals surface area contributed by atoms with Crippen molar-refractivity contribution in [1.29, 1.82) is 0 Å². The zero-order valence-corrected chi connectivity index (χ0v) is 20.0. The Bertz CT molecular complexity index is 733. The maximum absolute atomic E-state index is 12.0. The molecule has 0 heterocycles. The summed E-state index contributed by atoms with van der Waals surface area (Å²) in [5.74, 6) is 1.26. The molecular formula is C25H41ClO4. The minimum absolute atomic E-state index is 0. The van der Waals surface area contributed by atoms with E-state index >= 15 is 0 Å². The van der Waals surface area contributed by atoms with Crippen LogP contribution in [-0.4, -0.2) is 22.6 Å². The van der Waals surface area contributed by atoms with E-state index in [4.69, 9.17) is 0 Å². The van der Waals surface area contributed by atoms with Crippen molar-refractivity contribution >= 4 is 34.2 Å². The van der Waals surface area contributed by atoms with E-state index in [1.807, 2.05) is 0 Å². The van der Waals surface area contributed by atoms with Crippen molar-refractivity contribution in [2.24, 2.45) is 39.4 Å². The minimum Gasteiger partial charge on any atom is -0.299 e. The number of fused-ring (bicyclic) bond motifs is 4. The predicted molar refractivity (Wildman–Crippen MR) is 121 cm³/mol. The molecule has 5 atom stereocenters. The second kappa shape index (κ2) is 8.48. The highest BCUT2D eigenvalue weighted by atomic mass is 35.5. The number of ketones is 3. The Morgan fingerprint density at radius 2 is 1.40 bits per heavy atom. The maximum Gasteiger partial charge on any atom is 0.218 e. The van der Waals surface area contributed by atoms with Crippen molar-refractivity contribution in [1.82, 2.24) is 0 Å². The Labute approximate surface area is 187 Å². The number of carbonyl (C=O) groups is 4. The molecule has 4 saturated carbocycles. The molecule has 4 fully saturated rings. The Morgan fingerprint density at radius 3 is 1.60 bits per heavy atom. The van der Waals surface area contributed by atoms with Crippen LogP contribution >= 0.6 is 11.6 Å². The van der Waals surface area contributed by atoms with E-state index in [9.17, 15) is 19.2 Å². The first-order valence-corrected chi connectivity index (χ1v) is 11.2. The number of halogens is 1. The molecule has 0 aliphatic heterocycles. The van der Waals surface area contributed by atoms with Crippen molar-refractivity contribution in [3.8, 4) is 0 Å². The normalized spacial score (nSPS) is 38.8. The highest BCUT2D eigenvalue weighted by Crippen LogP contribution is 2.66. The smallest absolute Gasteiger partial charge is 0.218 e. The molecule has 0 radical (unpaired) electrons. The molecule has 0 aromatic carbocycles. The first-order valence-electron chi connectivity index (χ1n) is 10.8. The van der Waals surface area contributed by atoms with Crippen LogP contribution in [0.25, 0.3) is 0 Å². The molecule has 5 unspecified atom stereocenters. The van der Waals surface area contributed by atoms with Gasteiger partial charge in [0.2, 0.25) is 5.24 Å². The zero-order chi connectivity index (χ0) is 22.6. The van der Waals surface area contributed by atoms with Crippen LogP contribution in [0.3, 0.4) is 0 Å². The van der Waals surface area contributed by atoms with Gasteiger partial charge >= 0.3 is 0 Å². The maximum atomic E-state index is 12.0. The van der Waals surface area contributed by atoms with E-state index in [2.05, 4.69) is 53.1 Å². The molecule has 4 bridgehead atoms. The van der Waals surface area contributed by atoms with Crippen LogP contribution in [0.4, 0.5) is 0 Å². The fraction of sp³-hybridized carbons (Fsp3) is 0.840. The molecule has 0 saturated heterocycles. The van der Waals surface area contributed by atoms with Gasteiger partial charge < -0.3 is 0 Å². The minimum atomic E-state index is -0.361. The monoisotopic (exact) mass is 440 g/mol. The summed E-state index contributed by atoms with van der Waals surface area (Å²) in [7, 11) is 0. The lowest BCUT2D eigenvalue weighted by atomic mass is 9.66. The van der Waals surface area contributed by atoms with Crippen LogP contribution in [0.2, 0.25) is 0 Å². The molecule has 4 rings (SSSR count). The number of hydrogen-bond acceptors (Lipinski definition) is 4. The van der Waals surface area contributed by atoms with Gasteiger partial charge in [0, 0.05) is 24.7 Å². The van der Waals surface area contributed by atoms with Crippen molar-refractivity contribution < 1.29 is 19.2 Å². The lowest BCUT2D eigenvalue weighted by Gasteiger charge is -2.36. The molecule has 0 aromatic heterocycles. The molecule has 172 valence electrons. The molecule has 4 nitrogen and oxygen atoms in total.